The van der Waals surface area contributed by atoms with Crippen LogP contribution < -0.4 is 14.2 Å². The van der Waals surface area contributed by atoms with Gasteiger partial charge in [0.05, 0.1) is 39.4 Å². The molecule has 2 fully saturated rings. The summed E-state index contributed by atoms with van der Waals surface area (Å²) in [6.07, 6.45) is 0.530. The van der Waals surface area contributed by atoms with Crippen LogP contribution in [-0.4, -0.2) is 68.2 Å². The zero-order valence-electron chi connectivity index (χ0n) is 32.6. The highest BCUT2D eigenvalue weighted by Gasteiger charge is 2.49. The summed E-state index contributed by atoms with van der Waals surface area (Å²) in [6, 6.07) is 42.3. The lowest BCUT2D eigenvalue weighted by Gasteiger charge is -2.18. The second-order valence-corrected chi connectivity index (χ2v) is 18.5. The summed E-state index contributed by atoms with van der Waals surface area (Å²) in [5.74, 6) is 2.48. The third-order valence-electron chi connectivity index (χ3n) is 10.5. The van der Waals surface area contributed by atoms with Crippen LogP contribution in [-0.2, 0) is 46.7 Å². The molecule has 4 unspecified atom stereocenters. The number of fused-ring (bicyclic) bond motifs is 1. The molecule has 2 heterocycles. The van der Waals surface area contributed by atoms with E-state index < -0.39 is 19.7 Å². The van der Waals surface area contributed by atoms with Crippen molar-refractivity contribution in [1.29, 1.82) is 0 Å². The molecule has 0 saturated carbocycles. The fourth-order valence-electron chi connectivity index (χ4n) is 7.15. The van der Waals surface area contributed by atoms with E-state index in [-0.39, 0.29) is 44.0 Å². The lowest BCUT2D eigenvalue weighted by atomic mass is 10.0. The minimum absolute atomic E-state index is 0.119. The number of hydrogen-bond acceptors (Lipinski definition) is 10. The van der Waals surface area contributed by atoms with Gasteiger partial charge in [-0.15, -0.1) is 0 Å². The normalized spacial score (nSPS) is 18.9. The molecule has 12 heteroatoms. The Balaban J connectivity index is 0.781. The molecule has 0 spiro atoms. The van der Waals surface area contributed by atoms with E-state index in [1.807, 2.05) is 67.6 Å². The summed E-state index contributed by atoms with van der Waals surface area (Å²) in [5.41, 5.74) is 4.19. The molecule has 4 atom stereocenters. The van der Waals surface area contributed by atoms with Gasteiger partial charge in [0.15, 0.2) is 6.10 Å². The average Bonchev–Trinajstić information content (AvgIpc) is 3.85. The maximum Gasteiger partial charge on any atom is 0.206 e. The molecule has 2 aliphatic rings. The molecule has 0 amide bonds. The fraction of sp³-hybridized carbons (Fsp3) is 0.234. The van der Waals surface area contributed by atoms with Crippen LogP contribution >= 0.6 is 0 Å². The summed E-state index contributed by atoms with van der Waals surface area (Å²) in [7, 11) is -5.69. The van der Waals surface area contributed by atoms with E-state index >= 15 is 0 Å². The van der Waals surface area contributed by atoms with Crippen molar-refractivity contribution in [2.24, 2.45) is 0 Å². The van der Waals surface area contributed by atoms with E-state index in [2.05, 4.69) is 0 Å². The third-order valence-corrected chi connectivity index (χ3v) is 14.1. The van der Waals surface area contributed by atoms with Gasteiger partial charge in [-0.3, -0.25) is 0 Å². The number of aryl methyl sites for hydroxylation is 1. The molecule has 6 aromatic rings. The second kappa shape index (κ2) is 17.4. The van der Waals surface area contributed by atoms with E-state index in [1.165, 1.54) is 0 Å². The molecule has 2 saturated heterocycles. The summed E-state index contributed by atoms with van der Waals surface area (Å²) in [6.45, 7) is 3.18. The molecule has 0 aliphatic carbocycles. The van der Waals surface area contributed by atoms with Crippen LogP contribution in [0.15, 0.2) is 165 Å². The Kier molecular flexibility index (Phi) is 11.9. The van der Waals surface area contributed by atoms with Gasteiger partial charge < -0.3 is 28.4 Å². The third kappa shape index (κ3) is 9.22. The van der Waals surface area contributed by atoms with Crippen molar-refractivity contribution in [2.45, 2.75) is 63.8 Å². The number of sulfone groups is 2. The number of ether oxygens (including phenoxy) is 6. The van der Waals surface area contributed by atoms with Gasteiger partial charge in [-0.2, -0.15) is 0 Å². The maximum absolute atomic E-state index is 13.4. The quantitative estimate of drug-likeness (QED) is 0.100. The Morgan fingerprint density at radius 2 is 0.915 bits per heavy atom. The van der Waals surface area contributed by atoms with E-state index in [1.54, 1.807) is 92.0 Å². The Labute approximate surface area is 345 Å². The Morgan fingerprint density at radius 3 is 1.44 bits per heavy atom. The number of benzene rings is 6. The molecule has 304 valence electrons. The van der Waals surface area contributed by atoms with Crippen molar-refractivity contribution >= 4 is 19.7 Å². The molecule has 0 bridgehead atoms. The van der Waals surface area contributed by atoms with Crippen LogP contribution in [0.4, 0.5) is 0 Å². The number of rotatable bonds is 15. The Bertz CT molecular complexity index is 2560. The van der Waals surface area contributed by atoms with Gasteiger partial charge in [0.25, 0.3) is 0 Å². The van der Waals surface area contributed by atoms with Crippen molar-refractivity contribution in [3.8, 4) is 23.0 Å². The van der Waals surface area contributed by atoms with Crippen LogP contribution in [0.2, 0.25) is 0 Å². The lowest BCUT2D eigenvalue weighted by Crippen LogP contribution is -2.35. The highest BCUT2D eigenvalue weighted by atomic mass is 32.2. The van der Waals surface area contributed by atoms with Crippen molar-refractivity contribution in [3.05, 3.63) is 168 Å². The summed E-state index contributed by atoms with van der Waals surface area (Å²) in [5, 5.41) is 0. The molecule has 6 aromatic carbocycles. The summed E-state index contributed by atoms with van der Waals surface area (Å²) >= 11 is 0. The SMILES string of the molecule is COC1COC2C(Oc3ccc(S(=O)(=O)c4ccc(CCOc5ccc(Cc6ccc(Oc7ccc(S(=O)(=O)c8ccc(C)cc8)cc7)cc6)cc5)cc4)cc3)COC12. The predicted molar refractivity (Wildman–Crippen MR) is 221 cm³/mol. The van der Waals surface area contributed by atoms with Gasteiger partial charge in [0.1, 0.15) is 41.3 Å². The van der Waals surface area contributed by atoms with Gasteiger partial charge in [-0.25, -0.2) is 16.8 Å². The molecular weight excluding hydrogens is 789 g/mol. The molecule has 59 heavy (non-hydrogen) atoms. The first-order valence-corrected chi connectivity index (χ1v) is 22.3. The van der Waals surface area contributed by atoms with Gasteiger partial charge in [-0.1, -0.05) is 54.1 Å². The van der Waals surface area contributed by atoms with Gasteiger partial charge >= 0.3 is 0 Å². The minimum atomic E-state index is -3.72. The highest BCUT2D eigenvalue weighted by molar-refractivity contribution is 7.91. The van der Waals surface area contributed by atoms with E-state index in [4.69, 9.17) is 28.4 Å². The fourth-order valence-corrected chi connectivity index (χ4v) is 9.68. The van der Waals surface area contributed by atoms with Crippen LogP contribution in [0, 0.1) is 6.92 Å². The average molecular weight is 833 g/mol. The maximum atomic E-state index is 13.4. The van der Waals surface area contributed by atoms with Crippen LogP contribution in [0.1, 0.15) is 22.3 Å². The molecule has 8 rings (SSSR count). The molecule has 0 radical (unpaired) electrons. The number of methoxy groups -OCH3 is 1. The molecule has 2 aliphatic heterocycles. The topological polar surface area (TPSA) is 124 Å². The van der Waals surface area contributed by atoms with Crippen molar-refractivity contribution in [2.75, 3.05) is 26.9 Å². The highest BCUT2D eigenvalue weighted by Crippen LogP contribution is 2.32. The van der Waals surface area contributed by atoms with Gasteiger partial charge in [0.2, 0.25) is 19.7 Å². The Morgan fingerprint density at radius 1 is 0.508 bits per heavy atom. The standard InChI is InChI=1S/C47H44O10S2/c1-32-3-19-40(20-4-32)58(48,49)42-23-15-38(16-24-42)56-37-13-7-35(8-14-37)29-34-5-11-36(12-6-34)53-28-27-33-9-21-41(22-10-33)59(50,51)43-25-17-39(18-26-43)57-45-31-55-46-44(52-2)30-54-47(45)46/h3-26,44-47H,27-31H2,1-2H3. The minimum Gasteiger partial charge on any atom is -0.493 e. The molecule has 0 N–H and O–H groups in total. The lowest BCUT2D eigenvalue weighted by molar-refractivity contribution is -0.0138. The predicted octanol–water partition coefficient (Wildman–Crippen LogP) is 8.23. The smallest absolute Gasteiger partial charge is 0.206 e. The van der Waals surface area contributed by atoms with Gasteiger partial charge in [0, 0.05) is 13.5 Å². The first-order valence-electron chi connectivity index (χ1n) is 19.3. The number of hydrogen-bond donors (Lipinski definition) is 0. The largest absolute Gasteiger partial charge is 0.493 e. The Hall–Kier alpha value is -5.50. The summed E-state index contributed by atoms with van der Waals surface area (Å²) < 4.78 is 87.8. The van der Waals surface area contributed by atoms with E-state index in [0.29, 0.717) is 43.5 Å². The molecule has 10 nitrogen and oxygen atoms in total. The van der Waals surface area contributed by atoms with Crippen LogP contribution in [0.3, 0.4) is 0 Å². The van der Waals surface area contributed by atoms with E-state index in [0.717, 1.165) is 34.4 Å². The van der Waals surface area contributed by atoms with Crippen molar-refractivity contribution in [3.63, 3.8) is 0 Å². The molecule has 0 aromatic heterocycles. The van der Waals surface area contributed by atoms with Crippen molar-refractivity contribution in [1.82, 2.24) is 0 Å². The first kappa shape index (κ1) is 40.3. The molecular formula is C47H44O10S2. The second-order valence-electron chi connectivity index (χ2n) is 14.6. The van der Waals surface area contributed by atoms with Crippen LogP contribution in [0.25, 0.3) is 0 Å². The van der Waals surface area contributed by atoms with E-state index in [9.17, 15) is 16.8 Å². The van der Waals surface area contributed by atoms with Gasteiger partial charge in [-0.05, 0) is 127 Å². The monoisotopic (exact) mass is 832 g/mol. The van der Waals surface area contributed by atoms with Crippen LogP contribution in [0.5, 0.6) is 23.0 Å². The first-order chi connectivity index (χ1) is 28.5. The van der Waals surface area contributed by atoms with Crippen molar-refractivity contribution < 1.29 is 45.3 Å². The summed E-state index contributed by atoms with van der Waals surface area (Å²) in [4.78, 5) is 0.863. The zero-order chi connectivity index (χ0) is 41.0. The zero-order valence-corrected chi connectivity index (χ0v) is 34.2.